The van der Waals surface area contributed by atoms with Crippen molar-refractivity contribution in [3.63, 3.8) is 0 Å². The monoisotopic (exact) mass is 206 g/mol. The molecule has 1 aliphatic rings. The summed E-state index contributed by atoms with van der Waals surface area (Å²) in [6.45, 7) is 0. The number of hydrogen-bond donors (Lipinski definition) is 0. The Morgan fingerprint density at radius 1 is 1.25 bits per heavy atom. The van der Waals surface area contributed by atoms with Crippen LogP contribution in [0.5, 0.6) is 0 Å². The van der Waals surface area contributed by atoms with E-state index >= 15 is 0 Å². The van der Waals surface area contributed by atoms with Crippen LogP contribution >= 0.6 is 0 Å². The van der Waals surface area contributed by atoms with Gasteiger partial charge in [-0.2, -0.15) is 13.2 Å². The molecule has 1 aliphatic heterocycles. The Morgan fingerprint density at radius 2 is 1.75 bits per heavy atom. The van der Waals surface area contributed by atoms with E-state index in [1.807, 2.05) is 0 Å². The number of alkyl halides is 4. The molecule has 0 amide bonds. The molecule has 0 aromatic rings. The van der Waals surface area contributed by atoms with Crippen molar-refractivity contribution in [1.82, 2.24) is 0 Å². The first-order valence-corrected chi connectivity index (χ1v) is 4.95. The van der Waals surface area contributed by atoms with Gasteiger partial charge in [-0.15, -0.1) is 0 Å². The molecule has 1 atom stereocenters. The molecular weight excluding hydrogens is 200 g/mol. The summed E-state index contributed by atoms with van der Waals surface area (Å²) < 4.78 is 69.5. The first-order valence-electron chi connectivity index (χ1n) is 3.12. The van der Waals surface area contributed by atoms with Crippen molar-refractivity contribution >= 4 is 9.84 Å². The van der Waals surface area contributed by atoms with Crippen molar-refractivity contribution in [3.05, 3.63) is 0 Å². The molecule has 1 fully saturated rings. The summed E-state index contributed by atoms with van der Waals surface area (Å²) in [7, 11) is -3.83. The molecule has 7 heteroatoms. The van der Waals surface area contributed by atoms with E-state index in [4.69, 9.17) is 0 Å². The van der Waals surface area contributed by atoms with Crippen LogP contribution in [0.1, 0.15) is 6.42 Å². The second-order valence-electron chi connectivity index (χ2n) is 2.81. The molecule has 2 nitrogen and oxygen atoms in total. The van der Waals surface area contributed by atoms with Crippen LogP contribution in [0.3, 0.4) is 0 Å². The fourth-order valence-corrected chi connectivity index (χ4v) is 2.82. The fraction of sp³-hybridized carbons (Fsp3) is 1.00. The average molecular weight is 206 g/mol. The smallest absolute Gasteiger partial charge is 0.233 e. The Labute approximate surface area is 66.5 Å². The minimum Gasteiger partial charge on any atom is -0.233 e. The summed E-state index contributed by atoms with van der Waals surface area (Å²) >= 11 is 0. The topological polar surface area (TPSA) is 34.1 Å². The molecule has 1 saturated heterocycles. The van der Waals surface area contributed by atoms with Gasteiger partial charge in [0.2, 0.25) is 5.67 Å². The lowest BCUT2D eigenvalue weighted by Gasteiger charge is -2.20. The third-order valence-corrected chi connectivity index (χ3v) is 3.49. The van der Waals surface area contributed by atoms with Crippen LogP contribution < -0.4 is 0 Å². The van der Waals surface area contributed by atoms with Gasteiger partial charge in [0.15, 0.2) is 9.84 Å². The molecule has 0 spiro atoms. The van der Waals surface area contributed by atoms with Gasteiger partial charge in [0.25, 0.3) is 0 Å². The predicted octanol–water partition coefficient (Wildman–Crippen LogP) is 1.08. The fourth-order valence-electron chi connectivity index (χ4n) is 1.03. The van der Waals surface area contributed by atoms with Gasteiger partial charge < -0.3 is 0 Å². The Morgan fingerprint density at radius 3 is 1.92 bits per heavy atom. The lowest BCUT2D eigenvalue weighted by molar-refractivity contribution is -0.220. The van der Waals surface area contributed by atoms with Crippen LogP contribution in [-0.2, 0) is 9.84 Å². The Balaban J connectivity index is 2.93. The minimum atomic E-state index is -5.07. The molecule has 0 N–H and O–H groups in total. The highest BCUT2D eigenvalue weighted by atomic mass is 32.2. The van der Waals surface area contributed by atoms with Crippen LogP contribution in [0.4, 0.5) is 17.6 Å². The first kappa shape index (κ1) is 9.76. The van der Waals surface area contributed by atoms with Crippen molar-refractivity contribution in [1.29, 1.82) is 0 Å². The highest BCUT2D eigenvalue weighted by Crippen LogP contribution is 2.41. The lowest BCUT2D eigenvalue weighted by atomic mass is 10.1. The molecule has 0 radical (unpaired) electrons. The maximum absolute atomic E-state index is 12.8. The maximum Gasteiger partial charge on any atom is 0.423 e. The lowest BCUT2D eigenvalue weighted by Crippen LogP contribution is -2.41. The Bertz CT molecular complexity index is 280. The average Bonchev–Trinajstić information content (AvgIpc) is 2.05. The van der Waals surface area contributed by atoms with Gasteiger partial charge >= 0.3 is 6.18 Å². The number of sulfone groups is 1. The summed E-state index contributed by atoms with van der Waals surface area (Å²) in [5.41, 5.74) is -3.52. The Kier molecular flexibility index (Phi) is 1.90. The molecule has 0 aromatic carbocycles. The Hall–Kier alpha value is -0.330. The van der Waals surface area contributed by atoms with Crippen LogP contribution in [0.25, 0.3) is 0 Å². The molecule has 0 aliphatic carbocycles. The number of hydrogen-bond acceptors (Lipinski definition) is 2. The molecule has 1 heterocycles. The van der Waals surface area contributed by atoms with Crippen molar-refractivity contribution in [2.24, 2.45) is 0 Å². The standard InChI is InChI=1S/C5H6F4O2S/c6-4(5(7,8)9)1-2-12(10,11)3-4/h1-3H2. The molecule has 0 bridgehead atoms. The van der Waals surface area contributed by atoms with Gasteiger partial charge in [-0.1, -0.05) is 0 Å². The molecule has 1 unspecified atom stereocenters. The third kappa shape index (κ3) is 1.55. The van der Waals surface area contributed by atoms with Crippen LogP contribution in [-0.4, -0.2) is 31.8 Å². The highest BCUT2D eigenvalue weighted by Gasteiger charge is 2.61. The zero-order valence-electron chi connectivity index (χ0n) is 5.86. The zero-order chi connectivity index (χ0) is 9.62. The third-order valence-electron chi connectivity index (χ3n) is 1.77. The quantitative estimate of drug-likeness (QED) is 0.556. The number of halogens is 4. The minimum absolute atomic E-state index is 0.719. The zero-order valence-corrected chi connectivity index (χ0v) is 6.67. The number of rotatable bonds is 0. The molecular formula is C5H6F4O2S. The van der Waals surface area contributed by atoms with Gasteiger partial charge in [-0.05, 0) is 0 Å². The SMILES string of the molecule is O=S1(=O)CCC(F)(C(F)(F)F)C1. The summed E-state index contributed by atoms with van der Waals surface area (Å²) in [5, 5.41) is 0. The highest BCUT2D eigenvalue weighted by molar-refractivity contribution is 7.91. The molecule has 0 saturated carbocycles. The summed E-state index contributed by atoms with van der Waals surface area (Å²) in [4.78, 5) is 0. The van der Waals surface area contributed by atoms with Crippen molar-refractivity contribution in [3.8, 4) is 0 Å². The summed E-state index contributed by atoms with van der Waals surface area (Å²) in [6.07, 6.45) is -6.05. The van der Waals surface area contributed by atoms with E-state index in [1.54, 1.807) is 0 Å². The van der Waals surface area contributed by atoms with Gasteiger partial charge in [0.05, 0.1) is 11.5 Å². The largest absolute Gasteiger partial charge is 0.423 e. The van der Waals surface area contributed by atoms with Crippen LogP contribution in [0.15, 0.2) is 0 Å². The van der Waals surface area contributed by atoms with E-state index in [0.29, 0.717) is 0 Å². The van der Waals surface area contributed by atoms with E-state index in [1.165, 1.54) is 0 Å². The van der Waals surface area contributed by atoms with Gasteiger partial charge in [-0.25, -0.2) is 12.8 Å². The van der Waals surface area contributed by atoms with Gasteiger partial charge in [0, 0.05) is 6.42 Å². The van der Waals surface area contributed by atoms with Crippen molar-refractivity contribution in [2.75, 3.05) is 11.5 Å². The molecule has 1 rings (SSSR count). The predicted molar refractivity (Wildman–Crippen MR) is 33.2 cm³/mol. The van der Waals surface area contributed by atoms with Crippen molar-refractivity contribution < 1.29 is 26.0 Å². The first-order chi connectivity index (χ1) is 5.16. The van der Waals surface area contributed by atoms with Gasteiger partial charge in [-0.3, -0.25) is 0 Å². The van der Waals surface area contributed by atoms with Crippen LogP contribution in [0, 0.1) is 0 Å². The second kappa shape index (κ2) is 2.34. The maximum atomic E-state index is 12.8. The van der Waals surface area contributed by atoms with Crippen molar-refractivity contribution in [2.45, 2.75) is 18.3 Å². The molecule has 12 heavy (non-hydrogen) atoms. The van der Waals surface area contributed by atoms with E-state index in [-0.39, 0.29) is 0 Å². The van der Waals surface area contributed by atoms with E-state index < -0.39 is 39.6 Å². The summed E-state index contributed by atoms with van der Waals surface area (Å²) in [5.74, 6) is -2.15. The van der Waals surface area contributed by atoms with E-state index in [0.717, 1.165) is 0 Å². The van der Waals surface area contributed by atoms with E-state index in [2.05, 4.69) is 0 Å². The summed E-state index contributed by atoms with van der Waals surface area (Å²) in [6, 6.07) is 0. The molecule has 0 aromatic heterocycles. The molecule has 72 valence electrons. The normalized spacial score (nSPS) is 35.3. The van der Waals surface area contributed by atoms with Crippen LogP contribution in [0.2, 0.25) is 0 Å². The van der Waals surface area contributed by atoms with Gasteiger partial charge in [0.1, 0.15) is 0 Å². The second-order valence-corrected chi connectivity index (χ2v) is 4.99. The van der Waals surface area contributed by atoms with E-state index in [9.17, 15) is 26.0 Å².